The lowest BCUT2D eigenvalue weighted by atomic mass is 10.1. The fourth-order valence-electron chi connectivity index (χ4n) is 1.86. The molecule has 0 N–H and O–H groups in total. The first-order valence-electron chi connectivity index (χ1n) is 6.79. The number of ketones is 1. The molecule has 0 aliphatic carbocycles. The molecule has 0 unspecified atom stereocenters. The van der Waals surface area contributed by atoms with E-state index in [1.54, 1.807) is 24.3 Å². The first-order valence-corrected chi connectivity index (χ1v) is 7.91. The molecule has 114 valence electrons. The minimum Gasteiger partial charge on any atom is -0.377 e. The summed E-state index contributed by atoms with van der Waals surface area (Å²) in [5.74, 6) is 0.320. The lowest BCUT2D eigenvalue weighted by Gasteiger charge is -2.21. The summed E-state index contributed by atoms with van der Waals surface area (Å²) in [7, 11) is 0. The summed E-state index contributed by atoms with van der Waals surface area (Å²) < 4.78 is 0. The van der Waals surface area contributed by atoms with Gasteiger partial charge in [-0.1, -0.05) is 46.3 Å². The number of carbonyl (C=O) groups excluding carboxylic acids is 2. The van der Waals surface area contributed by atoms with Gasteiger partial charge < -0.3 is 4.84 Å². The fraction of sp³-hybridized carbons (Fsp3) is 0.176. The maximum atomic E-state index is 11.7. The average molecular weight is 362 g/mol. The molecule has 0 saturated carbocycles. The van der Waals surface area contributed by atoms with Crippen LogP contribution >= 0.6 is 15.9 Å². The quantitative estimate of drug-likeness (QED) is 0.448. The summed E-state index contributed by atoms with van der Waals surface area (Å²) in [5, 5.41) is 1.57. The van der Waals surface area contributed by atoms with E-state index in [-0.39, 0.29) is 17.0 Å². The van der Waals surface area contributed by atoms with Crippen molar-refractivity contribution in [1.82, 2.24) is 5.06 Å². The van der Waals surface area contributed by atoms with E-state index in [0.717, 1.165) is 5.56 Å². The van der Waals surface area contributed by atoms with Crippen molar-refractivity contribution in [3.8, 4) is 5.75 Å². The monoisotopic (exact) mass is 361 g/mol. The molecule has 0 fully saturated rings. The Morgan fingerprint density at radius 1 is 1.05 bits per heavy atom. The minimum atomic E-state index is -0.190. The van der Waals surface area contributed by atoms with Crippen molar-refractivity contribution < 1.29 is 14.4 Å². The zero-order valence-electron chi connectivity index (χ0n) is 12.2. The second kappa shape index (κ2) is 7.75. The minimum absolute atomic E-state index is 0.000686. The zero-order valence-corrected chi connectivity index (χ0v) is 13.7. The van der Waals surface area contributed by atoms with E-state index >= 15 is 0 Å². The van der Waals surface area contributed by atoms with E-state index in [1.165, 1.54) is 12.0 Å². The van der Waals surface area contributed by atoms with Crippen LogP contribution < -0.4 is 4.84 Å². The van der Waals surface area contributed by atoms with Crippen LogP contribution in [-0.2, 0) is 11.3 Å². The summed E-state index contributed by atoms with van der Waals surface area (Å²) in [6.07, 6.45) is 0. The first-order chi connectivity index (χ1) is 10.6. The van der Waals surface area contributed by atoms with Gasteiger partial charge in [0.1, 0.15) is 0 Å². The van der Waals surface area contributed by atoms with Gasteiger partial charge in [0.2, 0.25) is 0 Å². The molecule has 0 aromatic heterocycles. The van der Waals surface area contributed by atoms with Crippen molar-refractivity contribution >= 4 is 27.6 Å². The van der Waals surface area contributed by atoms with Gasteiger partial charge in [0, 0.05) is 12.5 Å². The number of rotatable bonds is 6. The van der Waals surface area contributed by atoms with Crippen LogP contribution in [-0.4, -0.2) is 22.1 Å². The van der Waals surface area contributed by atoms with Crippen LogP contribution in [0.1, 0.15) is 22.8 Å². The summed E-state index contributed by atoms with van der Waals surface area (Å²) in [6.45, 7) is 1.81. The maximum Gasteiger partial charge on any atom is 0.252 e. The predicted molar refractivity (Wildman–Crippen MR) is 87.9 cm³/mol. The molecule has 2 rings (SSSR count). The molecule has 0 heterocycles. The van der Waals surface area contributed by atoms with Crippen LogP contribution in [0.5, 0.6) is 5.75 Å². The molecule has 0 saturated heterocycles. The standard InChI is InChI=1S/C17H16BrNO3/c1-13(20)19(12-14-5-3-2-4-6-14)22-16-9-7-15(8-10-16)17(21)11-18/h2-10H,11-12H2,1H3. The van der Waals surface area contributed by atoms with Crippen molar-refractivity contribution in [2.75, 3.05) is 5.33 Å². The van der Waals surface area contributed by atoms with Crippen molar-refractivity contribution in [3.63, 3.8) is 0 Å². The number of nitrogens with zero attached hydrogens (tertiary/aromatic N) is 1. The van der Waals surface area contributed by atoms with E-state index in [1.807, 2.05) is 30.3 Å². The molecule has 2 aromatic carbocycles. The van der Waals surface area contributed by atoms with E-state index in [4.69, 9.17) is 4.84 Å². The Morgan fingerprint density at radius 2 is 1.68 bits per heavy atom. The highest BCUT2D eigenvalue weighted by Crippen LogP contribution is 2.16. The molecular formula is C17H16BrNO3. The fourth-order valence-corrected chi connectivity index (χ4v) is 2.19. The Morgan fingerprint density at radius 3 is 2.23 bits per heavy atom. The third kappa shape index (κ3) is 4.43. The van der Waals surface area contributed by atoms with Gasteiger partial charge in [-0.2, -0.15) is 5.06 Å². The molecule has 0 aliphatic heterocycles. The third-order valence-corrected chi connectivity index (χ3v) is 3.54. The lowest BCUT2D eigenvalue weighted by Crippen LogP contribution is -2.31. The van der Waals surface area contributed by atoms with Gasteiger partial charge in [-0.25, -0.2) is 0 Å². The maximum absolute atomic E-state index is 11.7. The van der Waals surface area contributed by atoms with Crippen molar-refractivity contribution in [1.29, 1.82) is 0 Å². The molecule has 0 radical (unpaired) electrons. The number of Topliss-reactive ketones (excluding diaryl/α,β-unsaturated/α-hetero) is 1. The number of carbonyl (C=O) groups is 2. The highest BCUT2D eigenvalue weighted by molar-refractivity contribution is 9.09. The van der Waals surface area contributed by atoms with Gasteiger partial charge >= 0.3 is 0 Å². The van der Waals surface area contributed by atoms with Crippen LogP contribution in [0.4, 0.5) is 0 Å². The SMILES string of the molecule is CC(=O)N(Cc1ccccc1)Oc1ccc(C(=O)CBr)cc1. The smallest absolute Gasteiger partial charge is 0.252 e. The van der Waals surface area contributed by atoms with Crippen LogP contribution in [0.25, 0.3) is 0 Å². The number of hydrogen-bond donors (Lipinski definition) is 0. The average Bonchev–Trinajstić information content (AvgIpc) is 2.55. The van der Waals surface area contributed by atoms with Gasteiger partial charge in [-0.15, -0.1) is 0 Å². The molecule has 4 nitrogen and oxygen atoms in total. The summed E-state index contributed by atoms with van der Waals surface area (Å²) in [4.78, 5) is 28.9. The van der Waals surface area contributed by atoms with Gasteiger partial charge in [-0.05, 0) is 29.8 Å². The summed E-state index contributed by atoms with van der Waals surface area (Å²) in [6, 6.07) is 16.3. The molecule has 0 aliphatic rings. The first kappa shape index (κ1) is 16.2. The van der Waals surface area contributed by atoms with Gasteiger partial charge in [0.15, 0.2) is 11.5 Å². The molecule has 2 aromatic rings. The third-order valence-electron chi connectivity index (χ3n) is 3.03. The van der Waals surface area contributed by atoms with Gasteiger partial charge in [0.25, 0.3) is 5.91 Å². The lowest BCUT2D eigenvalue weighted by molar-refractivity contribution is -0.156. The topological polar surface area (TPSA) is 46.6 Å². The molecule has 22 heavy (non-hydrogen) atoms. The second-order valence-corrected chi connectivity index (χ2v) is 5.27. The van der Waals surface area contributed by atoms with E-state index in [9.17, 15) is 9.59 Å². The second-order valence-electron chi connectivity index (χ2n) is 4.71. The molecule has 0 atom stereocenters. The highest BCUT2D eigenvalue weighted by Gasteiger charge is 2.12. The van der Waals surface area contributed by atoms with Gasteiger partial charge in [-0.3, -0.25) is 9.59 Å². The Bertz CT molecular complexity index is 641. The van der Waals surface area contributed by atoms with E-state index in [2.05, 4.69) is 15.9 Å². The van der Waals surface area contributed by atoms with Crippen molar-refractivity contribution in [2.24, 2.45) is 0 Å². The van der Waals surface area contributed by atoms with Crippen molar-refractivity contribution in [2.45, 2.75) is 13.5 Å². The molecule has 1 amide bonds. The van der Waals surface area contributed by atoms with Crippen LogP contribution in [0.3, 0.4) is 0 Å². The number of amides is 1. The summed E-state index contributed by atoms with van der Waals surface area (Å²) in [5.41, 5.74) is 1.57. The number of halogens is 1. The largest absolute Gasteiger partial charge is 0.377 e. The highest BCUT2D eigenvalue weighted by atomic mass is 79.9. The Labute approximate surface area is 137 Å². The number of alkyl halides is 1. The Kier molecular flexibility index (Phi) is 5.72. The molecular weight excluding hydrogens is 346 g/mol. The molecule has 0 spiro atoms. The Balaban J connectivity index is 2.08. The zero-order chi connectivity index (χ0) is 15.9. The number of benzene rings is 2. The van der Waals surface area contributed by atoms with Crippen LogP contribution in [0.2, 0.25) is 0 Å². The van der Waals surface area contributed by atoms with E-state index < -0.39 is 0 Å². The van der Waals surface area contributed by atoms with Crippen LogP contribution in [0, 0.1) is 0 Å². The summed E-state index contributed by atoms with van der Waals surface area (Å²) >= 11 is 3.13. The van der Waals surface area contributed by atoms with Crippen molar-refractivity contribution in [3.05, 3.63) is 65.7 Å². The number of hydroxylamine groups is 2. The van der Waals surface area contributed by atoms with E-state index in [0.29, 0.717) is 17.9 Å². The molecule has 0 bridgehead atoms. The molecule has 5 heteroatoms. The number of hydrogen-bond acceptors (Lipinski definition) is 3. The Hall–Kier alpha value is -2.14. The normalized spacial score (nSPS) is 10.1. The van der Waals surface area contributed by atoms with Gasteiger partial charge in [0.05, 0.1) is 11.9 Å². The predicted octanol–water partition coefficient (Wildman–Crippen LogP) is 3.61. The van der Waals surface area contributed by atoms with Crippen LogP contribution in [0.15, 0.2) is 54.6 Å².